The van der Waals surface area contributed by atoms with Crippen LogP contribution in [-0.4, -0.2) is 69.9 Å². The molecule has 9 nitrogen and oxygen atoms in total. The van der Waals surface area contributed by atoms with E-state index in [0.717, 1.165) is 33.3 Å². The van der Waals surface area contributed by atoms with E-state index in [1.165, 1.54) is 21.9 Å². The Balaban J connectivity index is 1.53. The number of rotatable bonds is 5. The lowest BCUT2D eigenvalue weighted by Crippen LogP contribution is -2.26. The fourth-order valence-corrected chi connectivity index (χ4v) is 6.42. The van der Waals surface area contributed by atoms with Gasteiger partial charge in [0.25, 0.3) is 0 Å². The van der Waals surface area contributed by atoms with Gasteiger partial charge in [0, 0.05) is 86.5 Å². The van der Waals surface area contributed by atoms with Crippen molar-refractivity contribution in [1.29, 1.82) is 0 Å². The van der Waals surface area contributed by atoms with Crippen LogP contribution in [0.5, 0.6) is 0 Å². The summed E-state index contributed by atoms with van der Waals surface area (Å²) < 4.78 is 17.4. The van der Waals surface area contributed by atoms with Crippen LogP contribution in [-0.2, 0) is 10.6 Å². The monoisotopic (exact) mass is 596 g/mol. The number of hydrogen-bond donors (Lipinski definition) is 0. The van der Waals surface area contributed by atoms with E-state index >= 15 is 0 Å². The maximum Gasteiger partial charge on any atom is 0.435 e. The number of amides is 2. The number of oxime groups is 1. The first-order valence-corrected chi connectivity index (χ1v) is 14.6. The average molecular weight is 597 g/mol. The molecule has 2 amide bonds. The molecule has 11 heteroatoms. The van der Waals surface area contributed by atoms with Crippen molar-refractivity contribution in [3.8, 4) is 11.1 Å². The topological polar surface area (TPSA) is 85.0 Å². The summed E-state index contributed by atoms with van der Waals surface area (Å²) in [5.74, 6) is 0.377. The summed E-state index contributed by atoms with van der Waals surface area (Å²) in [7, 11) is 6.53. The molecule has 2 aromatic carbocycles. The number of pyridine rings is 1. The number of aromatic nitrogens is 3. The van der Waals surface area contributed by atoms with Gasteiger partial charge in [-0.25, -0.2) is 14.0 Å². The van der Waals surface area contributed by atoms with Crippen molar-refractivity contribution in [2.45, 2.75) is 11.1 Å². The molecule has 1 aliphatic heterocycles. The number of nitrogens with zero attached hydrogens (tertiary/aromatic N) is 6. The van der Waals surface area contributed by atoms with Crippen molar-refractivity contribution < 1.29 is 18.8 Å². The molecular weight excluding hydrogens is 567 g/mol. The van der Waals surface area contributed by atoms with E-state index < -0.39 is 6.09 Å². The lowest BCUT2D eigenvalue weighted by atomic mass is 9.99. The van der Waals surface area contributed by atoms with E-state index in [1.54, 1.807) is 69.0 Å². The van der Waals surface area contributed by atoms with Gasteiger partial charge in [-0.3, -0.25) is 14.4 Å². The van der Waals surface area contributed by atoms with Crippen molar-refractivity contribution in [3.05, 3.63) is 114 Å². The number of halogens is 1. The molecule has 0 saturated carbocycles. The Kier molecular flexibility index (Phi) is 7.49. The molecule has 218 valence electrons. The second-order valence-corrected chi connectivity index (χ2v) is 11.6. The minimum absolute atomic E-state index is 0.0398. The number of carbonyl (C=O) groups excluding carboxylic acids is 2. The molecule has 0 aliphatic carbocycles. The first-order valence-electron chi connectivity index (χ1n) is 13.5. The highest BCUT2D eigenvalue weighted by Gasteiger charge is 2.30. The SMILES string of the molecule is CN(C)C(=O)O/N=C(\c1ccn2c1CS[C@@H]2c1cccnc1)c1cn(C(=O)N(C)C)c2cc(-c3ccc(F)cc3)ccc12. The van der Waals surface area contributed by atoms with Crippen LogP contribution in [0.4, 0.5) is 14.0 Å². The molecule has 1 atom stereocenters. The second kappa shape index (κ2) is 11.4. The van der Waals surface area contributed by atoms with Crippen LogP contribution in [0, 0.1) is 5.82 Å². The van der Waals surface area contributed by atoms with Crippen molar-refractivity contribution in [1.82, 2.24) is 23.9 Å². The molecule has 0 saturated heterocycles. The zero-order chi connectivity index (χ0) is 30.2. The van der Waals surface area contributed by atoms with Crippen LogP contribution < -0.4 is 0 Å². The number of carbonyl (C=O) groups is 2. The fraction of sp³-hybridized carbons (Fsp3) is 0.188. The largest absolute Gasteiger partial charge is 0.435 e. The fourth-order valence-electron chi connectivity index (χ4n) is 5.11. The van der Waals surface area contributed by atoms with Gasteiger partial charge in [-0.05, 0) is 41.5 Å². The van der Waals surface area contributed by atoms with E-state index in [4.69, 9.17) is 4.84 Å². The third-order valence-electron chi connectivity index (χ3n) is 7.29. The van der Waals surface area contributed by atoms with Gasteiger partial charge in [-0.1, -0.05) is 35.5 Å². The van der Waals surface area contributed by atoms with E-state index in [2.05, 4.69) is 14.7 Å². The lowest BCUT2D eigenvalue weighted by Gasteiger charge is -2.12. The van der Waals surface area contributed by atoms with Crippen molar-refractivity contribution >= 4 is 40.5 Å². The Bertz CT molecular complexity index is 1860. The first-order chi connectivity index (χ1) is 20.7. The molecule has 0 N–H and O–H groups in total. The molecule has 0 fully saturated rings. The van der Waals surface area contributed by atoms with Gasteiger partial charge < -0.3 is 14.4 Å². The van der Waals surface area contributed by atoms with Gasteiger partial charge in [-0.2, -0.15) is 0 Å². The zero-order valence-corrected chi connectivity index (χ0v) is 24.9. The lowest BCUT2D eigenvalue weighted by molar-refractivity contribution is 0.122. The summed E-state index contributed by atoms with van der Waals surface area (Å²) in [5, 5.41) is 5.19. The molecular formula is C32H29FN6O3S. The van der Waals surface area contributed by atoms with Crippen LogP contribution in [0.25, 0.3) is 22.0 Å². The smallest absolute Gasteiger partial charge is 0.333 e. The minimum atomic E-state index is -0.623. The van der Waals surface area contributed by atoms with Crippen LogP contribution in [0.15, 0.2) is 90.6 Å². The van der Waals surface area contributed by atoms with Crippen molar-refractivity contribution in [2.24, 2.45) is 5.16 Å². The van der Waals surface area contributed by atoms with E-state index in [-0.39, 0.29) is 17.2 Å². The highest BCUT2D eigenvalue weighted by atomic mass is 32.2. The maximum atomic E-state index is 13.6. The van der Waals surface area contributed by atoms with E-state index in [9.17, 15) is 14.0 Å². The quantitative estimate of drug-likeness (QED) is 0.133. The summed E-state index contributed by atoms with van der Waals surface area (Å²) in [5.41, 5.74) is 6.22. The van der Waals surface area contributed by atoms with Gasteiger partial charge in [0.1, 0.15) is 16.9 Å². The molecule has 1 aliphatic rings. The Labute approximate surface area is 252 Å². The molecule has 0 unspecified atom stereocenters. The molecule has 0 spiro atoms. The summed E-state index contributed by atoms with van der Waals surface area (Å²) in [6.45, 7) is 0. The summed E-state index contributed by atoms with van der Waals surface area (Å²) >= 11 is 1.76. The van der Waals surface area contributed by atoms with Gasteiger partial charge in [0.05, 0.1) is 5.52 Å². The summed E-state index contributed by atoms with van der Waals surface area (Å²) in [6, 6.07) is 17.6. The Morgan fingerprint density at radius 1 is 1.00 bits per heavy atom. The molecule has 5 aromatic rings. The van der Waals surface area contributed by atoms with E-state index in [1.807, 2.05) is 48.8 Å². The molecule has 0 bridgehead atoms. The summed E-state index contributed by atoms with van der Waals surface area (Å²) in [4.78, 5) is 38.4. The highest BCUT2D eigenvalue weighted by molar-refractivity contribution is 7.99. The Morgan fingerprint density at radius 3 is 2.47 bits per heavy atom. The van der Waals surface area contributed by atoms with Crippen LogP contribution in [0.3, 0.4) is 0 Å². The number of benzene rings is 2. The van der Waals surface area contributed by atoms with Gasteiger partial charge in [-0.15, -0.1) is 11.8 Å². The average Bonchev–Trinajstić information content (AvgIpc) is 3.72. The van der Waals surface area contributed by atoms with Crippen LogP contribution >= 0.6 is 11.8 Å². The second-order valence-electron chi connectivity index (χ2n) is 10.6. The maximum absolute atomic E-state index is 13.6. The molecule has 3 aromatic heterocycles. The van der Waals surface area contributed by atoms with Crippen molar-refractivity contribution in [3.63, 3.8) is 0 Å². The first kappa shape index (κ1) is 28.2. The zero-order valence-electron chi connectivity index (χ0n) is 24.1. The van der Waals surface area contributed by atoms with Gasteiger partial charge in [0.2, 0.25) is 0 Å². The van der Waals surface area contributed by atoms with Crippen LogP contribution in [0.1, 0.15) is 27.8 Å². The molecule has 43 heavy (non-hydrogen) atoms. The van der Waals surface area contributed by atoms with Gasteiger partial charge in [0.15, 0.2) is 0 Å². The Hall–Kier alpha value is -4.90. The third-order valence-corrected chi connectivity index (χ3v) is 8.54. The number of hydrogen-bond acceptors (Lipinski definition) is 6. The number of fused-ring (bicyclic) bond motifs is 2. The van der Waals surface area contributed by atoms with E-state index in [0.29, 0.717) is 22.5 Å². The molecule has 0 radical (unpaired) electrons. The van der Waals surface area contributed by atoms with Crippen LogP contribution in [0.2, 0.25) is 0 Å². The number of thioether (sulfide) groups is 1. The minimum Gasteiger partial charge on any atom is -0.333 e. The third kappa shape index (κ3) is 5.27. The van der Waals surface area contributed by atoms with Gasteiger partial charge >= 0.3 is 12.1 Å². The Morgan fingerprint density at radius 2 is 1.77 bits per heavy atom. The predicted octanol–water partition coefficient (Wildman–Crippen LogP) is 6.42. The highest BCUT2D eigenvalue weighted by Crippen LogP contribution is 2.43. The predicted molar refractivity (Wildman–Crippen MR) is 166 cm³/mol. The summed E-state index contributed by atoms with van der Waals surface area (Å²) in [6.07, 6.45) is 6.72. The standard InChI is InChI=1S/C32H29FN6O3S/c1-36(2)31(40)39-18-26(24-12-9-21(16-27(24)39)20-7-10-23(33)11-8-20)29(35-42-32(41)37(3)4)25-13-15-38-28(25)19-43-30(38)22-6-5-14-34-17-22/h5-18,30H,19H2,1-4H3/b35-29+/t30-/m1/s1. The molecule has 6 rings (SSSR count). The molecule has 4 heterocycles. The van der Waals surface area contributed by atoms with Crippen molar-refractivity contribution in [2.75, 3.05) is 28.2 Å². The normalized spacial score (nSPS) is 14.5.